The number of benzene rings is 2. The molecule has 2 atom stereocenters. The smallest absolute Gasteiger partial charge is 0.428 e. The molecule has 0 radical (unpaired) electrons. The summed E-state index contributed by atoms with van der Waals surface area (Å²) in [7, 11) is 0. The number of Topliss-reactive ketones (excluding diaryl/α,β-unsaturated/α-hetero) is 1. The molecule has 0 fully saturated rings. The van der Waals surface area contributed by atoms with Gasteiger partial charge in [0.1, 0.15) is 17.1 Å². The minimum Gasteiger partial charge on any atom is -0.428 e. The molecule has 1 aromatic heterocycles. The molecule has 3 aromatic rings. The summed E-state index contributed by atoms with van der Waals surface area (Å²) in [6.07, 6.45) is -8.37. The number of carbonyl (C=O) groups excluding carboxylic acids is 2. The average molecular weight is 606 g/mol. The minimum absolute atomic E-state index is 0.0657. The highest BCUT2D eigenvalue weighted by Crippen LogP contribution is 2.37. The van der Waals surface area contributed by atoms with Gasteiger partial charge in [0.25, 0.3) is 0 Å². The van der Waals surface area contributed by atoms with Gasteiger partial charge in [-0.3, -0.25) is 9.78 Å². The van der Waals surface area contributed by atoms with Gasteiger partial charge >= 0.3 is 24.5 Å². The second-order valence-corrected chi connectivity index (χ2v) is 9.51. The zero-order chi connectivity index (χ0) is 30.6. The fourth-order valence-electron chi connectivity index (χ4n) is 3.94. The maximum atomic E-state index is 14.8. The van der Waals surface area contributed by atoms with E-state index in [2.05, 4.69) is 15.0 Å². The second-order valence-electron chi connectivity index (χ2n) is 9.07. The van der Waals surface area contributed by atoms with E-state index >= 15 is 0 Å². The van der Waals surface area contributed by atoms with Gasteiger partial charge in [0.15, 0.2) is 0 Å². The van der Waals surface area contributed by atoms with Crippen LogP contribution in [-0.4, -0.2) is 41.3 Å². The van der Waals surface area contributed by atoms with E-state index in [4.69, 9.17) is 11.6 Å². The lowest BCUT2D eigenvalue weighted by atomic mass is 9.80. The molecule has 2 amide bonds. The van der Waals surface area contributed by atoms with Crippen LogP contribution < -0.4 is 15.4 Å². The fourth-order valence-corrected chi connectivity index (χ4v) is 4.05. The van der Waals surface area contributed by atoms with Crippen molar-refractivity contribution in [3.63, 3.8) is 0 Å². The van der Waals surface area contributed by atoms with Crippen molar-refractivity contribution in [1.29, 1.82) is 0 Å². The van der Waals surface area contributed by atoms with Gasteiger partial charge in [-0.1, -0.05) is 41.9 Å². The Labute approximate surface area is 234 Å². The Balaban J connectivity index is 2.22. The lowest BCUT2D eigenvalue weighted by molar-refractivity contribution is -0.253. The summed E-state index contributed by atoms with van der Waals surface area (Å²) in [6.45, 7) is 1.51. The molecule has 2 N–H and O–H groups in total. The topological polar surface area (TPSA) is 80.3 Å². The standard InChI is InChI=1S/C27H23ClF7N3O3/c1-15(26(32,33)16(2)39)37-24(40)38-25(13-17-6-4-3-5-7-17,22-9-8-19(28)14-36-22)18-10-20(29)12-21(11-18)41-27(34,35)23(30)31/h3-12,14-15,23H,13H2,1-2H3,(H2,37,38,40)/t15?,25-/m0/s1. The number of nitrogens with zero attached hydrogens (tertiary/aromatic N) is 1. The number of alkyl halides is 6. The van der Waals surface area contributed by atoms with Crippen LogP contribution >= 0.6 is 11.6 Å². The van der Waals surface area contributed by atoms with Crippen molar-refractivity contribution >= 4 is 23.4 Å². The molecule has 41 heavy (non-hydrogen) atoms. The highest BCUT2D eigenvalue weighted by molar-refractivity contribution is 6.30. The van der Waals surface area contributed by atoms with E-state index in [9.17, 15) is 40.3 Å². The van der Waals surface area contributed by atoms with Gasteiger partial charge < -0.3 is 15.4 Å². The zero-order valence-corrected chi connectivity index (χ0v) is 22.2. The van der Waals surface area contributed by atoms with Crippen LogP contribution in [-0.2, 0) is 16.8 Å². The van der Waals surface area contributed by atoms with E-state index in [0.717, 1.165) is 25.3 Å². The first kappa shape index (κ1) is 31.7. The number of rotatable bonds is 11. The van der Waals surface area contributed by atoms with Crippen LogP contribution in [0.1, 0.15) is 30.7 Å². The molecule has 2 aromatic carbocycles. The molecule has 0 aliphatic carbocycles. The number of halogens is 8. The van der Waals surface area contributed by atoms with Gasteiger partial charge in [-0.2, -0.15) is 26.3 Å². The number of aromatic nitrogens is 1. The Kier molecular flexibility index (Phi) is 9.52. The van der Waals surface area contributed by atoms with Gasteiger partial charge in [0.2, 0.25) is 5.78 Å². The van der Waals surface area contributed by atoms with Crippen LogP contribution in [0.25, 0.3) is 0 Å². The van der Waals surface area contributed by atoms with Crippen LogP contribution in [0.2, 0.25) is 5.02 Å². The Morgan fingerprint density at radius 1 is 1.02 bits per heavy atom. The molecule has 14 heteroatoms. The number of hydrogen-bond donors (Lipinski definition) is 2. The largest absolute Gasteiger partial charge is 0.461 e. The normalized spacial score (nSPS) is 14.2. The summed E-state index contributed by atoms with van der Waals surface area (Å²) in [6, 6.07) is 9.47. The van der Waals surface area contributed by atoms with Crippen molar-refractivity contribution in [3.8, 4) is 5.75 Å². The van der Waals surface area contributed by atoms with E-state index in [-0.39, 0.29) is 22.7 Å². The van der Waals surface area contributed by atoms with Crippen molar-refractivity contribution < 1.29 is 45.1 Å². The number of nitrogens with one attached hydrogen (secondary N) is 2. The molecule has 6 nitrogen and oxygen atoms in total. The molecule has 3 rings (SSSR count). The highest BCUT2D eigenvalue weighted by atomic mass is 35.5. The third kappa shape index (κ3) is 7.46. The van der Waals surface area contributed by atoms with Crippen molar-refractivity contribution in [2.45, 2.75) is 50.3 Å². The third-order valence-corrected chi connectivity index (χ3v) is 6.26. The number of ketones is 1. The van der Waals surface area contributed by atoms with E-state index in [1.165, 1.54) is 12.1 Å². The third-order valence-electron chi connectivity index (χ3n) is 6.04. The van der Waals surface area contributed by atoms with Gasteiger partial charge in [-0.05, 0) is 42.3 Å². The lowest BCUT2D eigenvalue weighted by Gasteiger charge is -2.36. The predicted octanol–water partition coefficient (Wildman–Crippen LogP) is 6.51. The fraction of sp³-hybridized carbons (Fsp3) is 0.296. The molecule has 220 valence electrons. The van der Waals surface area contributed by atoms with Crippen LogP contribution in [0.4, 0.5) is 35.5 Å². The monoisotopic (exact) mass is 605 g/mol. The Bertz CT molecular complexity index is 1380. The Morgan fingerprint density at radius 3 is 2.24 bits per heavy atom. The van der Waals surface area contributed by atoms with Crippen LogP contribution in [0.3, 0.4) is 0 Å². The maximum absolute atomic E-state index is 14.8. The first-order chi connectivity index (χ1) is 19.1. The minimum atomic E-state index is -5.00. The molecular weight excluding hydrogens is 583 g/mol. The Hall–Kier alpha value is -3.87. The van der Waals surface area contributed by atoms with Crippen molar-refractivity contribution in [1.82, 2.24) is 15.6 Å². The van der Waals surface area contributed by atoms with Gasteiger partial charge in [0, 0.05) is 25.6 Å². The molecular formula is C27H23ClF7N3O3. The SMILES string of the molecule is CC(=O)C(F)(F)C(C)NC(=O)N[C@@](Cc1ccccc1)(c1cc(F)cc(OC(F)(F)C(F)F)c1)c1ccc(Cl)cn1. The van der Waals surface area contributed by atoms with Crippen molar-refractivity contribution in [2.24, 2.45) is 0 Å². The van der Waals surface area contributed by atoms with Crippen molar-refractivity contribution in [2.75, 3.05) is 0 Å². The molecule has 0 saturated heterocycles. The average Bonchev–Trinajstić information content (AvgIpc) is 2.88. The van der Waals surface area contributed by atoms with Gasteiger partial charge in [-0.25, -0.2) is 9.18 Å². The maximum Gasteiger partial charge on any atom is 0.461 e. The highest BCUT2D eigenvalue weighted by Gasteiger charge is 2.46. The molecule has 0 bridgehead atoms. The summed E-state index contributed by atoms with van der Waals surface area (Å²) in [5.41, 5.74) is -1.93. The van der Waals surface area contributed by atoms with E-state index in [1.54, 1.807) is 30.3 Å². The summed E-state index contributed by atoms with van der Waals surface area (Å²) < 4.78 is 101. The van der Waals surface area contributed by atoms with Gasteiger partial charge in [-0.15, -0.1) is 0 Å². The Morgan fingerprint density at radius 2 is 1.68 bits per heavy atom. The summed E-state index contributed by atoms with van der Waals surface area (Å²) in [5.74, 6) is -7.71. The first-order valence-corrected chi connectivity index (χ1v) is 12.2. The van der Waals surface area contributed by atoms with E-state index < -0.39 is 53.4 Å². The molecule has 0 aliphatic rings. The van der Waals surface area contributed by atoms with Crippen molar-refractivity contribution in [3.05, 3.63) is 94.5 Å². The number of pyridine rings is 1. The number of urea groups is 1. The molecule has 1 heterocycles. The van der Waals surface area contributed by atoms with E-state index in [1.807, 2.05) is 5.32 Å². The van der Waals surface area contributed by atoms with E-state index in [0.29, 0.717) is 18.6 Å². The van der Waals surface area contributed by atoms with Crippen LogP contribution in [0.5, 0.6) is 5.75 Å². The van der Waals surface area contributed by atoms with Crippen LogP contribution in [0.15, 0.2) is 66.9 Å². The molecule has 0 aliphatic heterocycles. The summed E-state index contributed by atoms with van der Waals surface area (Å²) >= 11 is 5.96. The zero-order valence-electron chi connectivity index (χ0n) is 21.4. The van der Waals surface area contributed by atoms with Crippen LogP contribution in [0, 0.1) is 5.82 Å². The van der Waals surface area contributed by atoms with Gasteiger partial charge in [0.05, 0.1) is 16.8 Å². The second kappa shape index (κ2) is 12.3. The lowest BCUT2D eigenvalue weighted by Crippen LogP contribution is -2.57. The number of carbonyl (C=O) groups is 2. The quantitative estimate of drug-likeness (QED) is 0.244. The molecule has 0 spiro atoms. The summed E-state index contributed by atoms with van der Waals surface area (Å²) in [5, 5.41) is 4.55. The number of amides is 2. The number of hydrogen-bond acceptors (Lipinski definition) is 4. The molecule has 1 unspecified atom stereocenters. The first-order valence-electron chi connectivity index (χ1n) is 11.9. The predicted molar refractivity (Wildman–Crippen MR) is 135 cm³/mol. The summed E-state index contributed by atoms with van der Waals surface area (Å²) in [4.78, 5) is 28.8. The molecule has 0 saturated carbocycles. The number of ether oxygens (including phenoxy) is 1.